The number of hydrogen-bond acceptors (Lipinski definition) is 9. The maximum absolute atomic E-state index is 6.12. The standard InChI is InChI=1S/C14H24O.C14H26O.C13H22O.C13H24O.2C12H22O.C11H18O.C11H20O.C10H18O/c1-4-15-13-11-8-12(14(13,2)3)10-7-5-6-9(10)11;1-4-15-12-13(2,3)10-11-14(12)8-6-5-7-9-14;1-2-14-11-12(5-3-6-12)9-10-13(11)7-4-8-13;1-4-14-11-12(2,3)9-10-13(11)7-5-6-8-13;1-4-13-11-9-5-7-10(8-6-9)12(11,2)3;1-4-13-10-11(2,3)8-9-12(10)6-5-7-12;1-2-12-9-10(3-4-10)7-8-11(9)5-6-11;1-4-12-9-10(2,3)5-6-11(9)7-8-11;1-2-11-10-8-4-3-5-9(10)7-6-8/h9-13H,4-8H2,1-3H3;12H,4-11H2,1-3H3;11H,2-10H2,1H3;11H,4-10H2,1-3H3;9-11H,4-8H2,1-3H3;10H,4-9H2,1-3H3;9H,2-8H2,1H3;9H,4-8H2,1-3H3;8-10H,2-7H2,1H3. The van der Waals surface area contributed by atoms with Gasteiger partial charge in [-0.05, 0) is 436 Å². The fourth-order valence-electron chi connectivity index (χ4n) is 33.2. The Hall–Kier alpha value is -0.360. The summed E-state index contributed by atoms with van der Waals surface area (Å²) in [7, 11) is 0. The molecule has 22 fully saturated rings. The Kier molecular flexibility index (Phi) is 31.8. The first-order valence-electron chi connectivity index (χ1n) is 53.3. The SMILES string of the molecule is CCOC1C(C)(C)CCC12CC2.CCOC1C(C)(C)CCC12CCC2.CCOC1C(C)(C)CCC12CCCC2.CCOC1C(C)(C)CCC12CCCCC2.CCOC1C2(CC2)CCC12CC2.CCOC1C2(CCC2)CCC12CCC2.CCOC1C2CC(C3CCCC32)C1(C)C.CCOC1C2CCC(CC2)C1(C)C.CCOC1C2CCCC1CC2. The molecular formula is C110H196O9. The first-order valence-corrected chi connectivity index (χ1v) is 53.3. The molecular weight excluding hydrogens is 1470 g/mol. The highest BCUT2D eigenvalue weighted by Crippen LogP contribution is 2.74. The molecule has 0 aromatic carbocycles. The number of hydrogen-bond donors (Lipinski definition) is 0. The largest absolute Gasteiger partial charge is 0.378 e. The zero-order chi connectivity index (χ0) is 85.2. The highest BCUT2D eigenvalue weighted by Gasteiger charge is 2.69. The molecule has 0 amide bonds. The summed E-state index contributed by atoms with van der Waals surface area (Å²) in [6.45, 7) is 56.1. The summed E-state index contributed by atoms with van der Waals surface area (Å²) in [6.07, 6.45) is 75.5. The normalized spacial score (nSPS) is 38.0. The molecule has 12 atom stereocenters. The van der Waals surface area contributed by atoms with Crippen molar-refractivity contribution in [2.45, 2.75) is 515 Å². The Morgan fingerprint density at radius 1 is 0.202 bits per heavy atom. The molecule has 0 saturated heterocycles. The van der Waals surface area contributed by atoms with Crippen LogP contribution in [0.1, 0.15) is 460 Å². The van der Waals surface area contributed by atoms with Crippen molar-refractivity contribution in [2.24, 2.45) is 123 Å². The maximum Gasteiger partial charge on any atom is 0.0687 e. The van der Waals surface area contributed by atoms with Crippen molar-refractivity contribution in [1.82, 2.24) is 0 Å². The number of ether oxygens (including phenoxy) is 9. The smallest absolute Gasteiger partial charge is 0.0687 e. The summed E-state index contributed by atoms with van der Waals surface area (Å²) in [5.74, 6) is 7.58. The second-order valence-electron chi connectivity index (χ2n) is 49.4. The summed E-state index contributed by atoms with van der Waals surface area (Å²) in [5.41, 5.74) is 7.60. The molecule has 690 valence electrons. The van der Waals surface area contributed by atoms with Crippen molar-refractivity contribution in [3.8, 4) is 0 Å². The monoisotopic (exact) mass is 1660 g/mol. The summed E-state index contributed by atoms with van der Waals surface area (Å²) in [5, 5.41) is 0. The Morgan fingerprint density at radius 3 is 0.798 bits per heavy atom. The third-order valence-electron chi connectivity index (χ3n) is 40.1. The molecule has 0 aromatic rings. The Bertz CT molecular complexity index is 2950. The van der Waals surface area contributed by atoms with E-state index in [2.05, 4.69) is 145 Å². The van der Waals surface area contributed by atoms with Crippen molar-refractivity contribution in [3.63, 3.8) is 0 Å². The van der Waals surface area contributed by atoms with Gasteiger partial charge in [-0.15, -0.1) is 0 Å². The van der Waals surface area contributed by atoms with E-state index in [9.17, 15) is 0 Å². The van der Waals surface area contributed by atoms with Gasteiger partial charge < -0.3 is 42.6 Å². The van der Waals surface area contributed by atoms with Gasteiger partial charge >= 0.3 is 0 Å². The van der Waals surface area contributed by atoms with Gasteiger partial charge in [0.15, 0.2) is 0 Å². The molecule has 119 heavy (non-hydrogen) atoms. The van der Waals surface area contributed by atoms with Gasteiger partial charge in [0, 0.05) is 59.5 Å². The van der Waals surface area contributed by atoms with Crippen LogP contribution in [-0.4, -0.2) is 114 Å². The zero-order valence-electron chi connectivity index (χ0n) is 82.5. The predicted octanol–water partition coefficient (Wildman–Crippen LogP) is 29.9. The lowest BCUT2D eigenvalue weighted by Gasteiger charge is -2.53. The average Bonchev–Trinajstić information content (AvgIpc) is 1.53. The van der Waals surface area contributed by atoms with Crippen LogP contribution >= 0.6 is 0 Å². The number of rotatable bonds is 18. The van der Waals surface area contributed by atoms with Gasteiger partial charge in [0.1, 0.15) is 0 Å². The van der Waals surface area contributed by atoms with Gasteiger partial charge in [0.25, 0.3) is 0 Å². The summed E-state index contributed by atoms with van der Waals surface area (Å²) >= 11 is 0. The van der Waals surface area contributed by atoms with Crippen LogP contribution in [0.25, 0.3) is 0 Å². The van der Waals surface area contributed by atoms with Crippen LogP contribution in [0.2, 0.25) is 0 Å². The van der Waals surface area contributed by atoms with Crippen LogP contribution in [0.3, 0.4) is 0 Å². The molecule has 8 spiro atoms. The van der Waals surface area contributed by atoms with Gasteiger partial charge in [0.05, 0.1) is 54.9 Å². The van der Waals surface area contributed by atoms with E-state index in [-0.39, 0.29) is 0 Å². The molecule has 0 radical (unpaired) electrons. The van der Waals surface area contributed by atoms with Gasteiger partial charge in [-0.2, -0.15) is 0 Å². The van der Waals surface area contributed by atoms with Crippen LogP contribution in [0.4, 0.5) is 0 Å². The summed E-state index contributed by atoms with van der Waals surface area (Å²) in [4.78, 5) is 0. The molecule has 22 rings (SSSR count). The van der Waals surface area contributed by atoms with Crippen molar-refractivity contribution in [3.05, 3.63) is 0 Å². The highest BCUT2D eigenvalue weighted by molar-refractivity contribution is 5.19. The minimum Gasteiger partial charge on any atom is -0.378 e. The Labute approximate surface area is 735 Å². The Balaban J connectivity index is 0.000000116. The second kappa shape index (κ2) is 39.4. The van der Waals surface area contributed by atoms with Gasteiger partial charge in [-0.3, -0.25) is 0 Å². The molecule has 12 unspecified atom stereocenters. The lowest BCUT2D eigenvalue weighted by molar-refractivity contribution is -0.139. The van der Waals surface area contributed by atoms with E-state index >= 15 is 0 Å². The first-order chi connectivity index (χ1) is 56.8. The molecule has 0 aliphatic heterocycles. The lowest BCUT2D eigenvalue weighted by atomic mass is 9.56. The van der Waals surface area contributed by atoms with Crippen LogP contribution in [-0.2, 0) is 42.6 Å². The van der Waals surface area contributed by atoms with Gasteiger partial charge in [-0.25, -0.2) is 0 Å². The van der Waals surface area contributed by atoms with Crippen LogP contribution in [0, 0.1) is 123 Å². The maximum atomic E-state index is 6.12. The summed E-state index contributed by atoms with van der Waals surface area (Å²) < 4.78 is 53.9. The topological polar surface area (TPSA) is 83.1 Å². The van der Waals surface area contributed by atoms with Gasteiger partial charge in [0.2, 0.25) is 0 Å². The third kappa shape index (κ3) is 19.8. The van der Waals surface area contributed by atoms with Crippen molar-refractivity contribution in [2.75, 3.05) is 59.5 Å². The second-order valence-corrected chi connectivity index (χ2v) is 49.4. The first kappa shape index (κ1) is 96.2. The van der Waals surface area contributed by atoms with Crippen molar-refractivity contribution >= 4 is 0 Å². The predicted molar refractivity (Wildman–Crippen MR) is 495 cm³/mol. The van der Waals surface area contributed by atoms with Crippen LogP contribution in [0.15, 0.2) is 0 Å². The van der Waals surface area contributed by atoms with E-state index in [1.54, 1.807) is 0 Å². The molecule has 22 aliphatic rings. The van der Waals surface area contributed by atoms with E-state index in [1.807, 2.05) is 0 Å². The minimum absolute atomic E-state index is 0.410. The van der Waals surface area contributed by atoms with E-state index < -0.39 is 0 Å². The van der Waals surface area contributed by atoms with Crippen LogP contribution < -0.4 is 0 Å². The molecule has 0 aromatic heterocycles. The average molecular weight is 1660 g/mol. The molecule has 9 nitrogen and oxygen atoms in total. The fraction of sp³-hybridized carbons (Fsp3) is 1.00. The molecule has 22 saturated carbocycles. The van der Waals surface area contributed by atoms with Crippen LogP contribution in [0.5, 0.6) is 0 Å². The molecule has 9 heteroatoms. The fourth-order valence-corrected chi connectivity index (χ4v) is 33.2. The molecule has 6 bridgehead atoms. The minimum atomic E-state index is 0.410. The van der Waals surface area contributed by atoms with E-state index in [4.69, 9.17) is 42.6 Å². The highest BCUT2D eigenvalue weighted by atomic mass is 16.5. The van der Waals surface area contributed by atoms with Crippen molar-refractivity contribution in [1.29, 1.82) is 0 Å². The van der Waals surface area contributed by atoms with E-state index in [0.29, 0.717) is 131 Å². The molecule has 0 N–H and O–H groups in total. The van der Waals surface area contributed by atoms with E-state index in [0.717, 1.165) is 107 Å². The third-order valence-corrected chi connectivity index (χ3v) is 40.1. The number of fused-ring (bicyclic) bond motifs is 10. The van der Waals surface area contributed by atoms with Crippen molar-refractivity contribution < 1.29 is 42.6 Å². The zero-order valence-corrected chi connectivity index (χ0v) is 82.5. The van der Waals surface area contributed by atoms with E-state index in [1.165, 1.54) is 315 Å². The quantitative estimate of drug-likeness (QED) is 0.133. The lowest BCUT2D eigenvalue weighted by Crippen LogP contribution is -2.51. The summed E-state index contributed by atoms with van der Waals surface area (Å²) in [6, 6.07) is 0. The Morgan fingerprint density at radius 2 is 0.471 bits per heavy atom. The van der Waals surface area contributed by atoms with Gasteiger partial charge in [-0.1, -0.05) is 147 Å². The molecule has 22 aliphatic carbocycles. The molecule has 0 heterocycles.